The van der Waals surface area contributed by atoms with Crippen molar-refractivity contribution in [3.8, 4) is 0 Å². The standard InChI is InChI=1S/C13H20O3/c1-5-6-11(14)9-7-10(12(15)16)13(3,4)8(9)2/h10H,5-7H2,1-4H3,(H,15,16). The molecule has 0 aromatic rings. The van der Waals surface area contributed by atoms with E-state index in [9.17, 15) is 9.59 Å². The number of carbonyl (C=O) groups excluding carboxylic acids is 1. The Morgan fingerprint density at radius 2 is 2.00 bits per heavy atom. The predicted molar refractivity (Wildman–Crippen MR) is 62.1 cm³/mol. The molecule has 3 nitrogen and oxygen atoms in total. The Hall–Kier alpha value is -1.12. The summed E-state index contributed by atoms with van der Waals surface area (Å²) in [6.07, 6.45) is 1.73. The van der Waals surface area contributed by atoms with E-state index in [4.69, 9.17) is 5.11 Å². The molecular weight excluding hydrogens is 204 g/mol. The van der Waals surface area contributed by atoms with Gasteiger partial charge in [0.15, 0.2) is 5.78 Å². The summed E-state index contributed by atoms with van der Waals surface area (Å²) in [7, 11) is 0. The van der Waals surface area contributed by atoms with Gasteiger partial charge < -0.3 is 5.11 Å². The maximum Gasteiger partial charge on any atom is 0.307 e. The number of aliphatic carboxylic acids is 1. The fourth-order valence-electron chi connectivity index (χ4n) is 2.36. The second-order valence-electron chi connectivity index (χ2n) is 5.09. The molecule has 1 N–H and O–H groups in total. The highest BCUT2D eigenvalue weighted by molar-refractivity contribution is 5.98. The highest BCUT2D eigenvalue weighted by Crippen LogP contribution is 2.47. The Morgan fingerprint density at radius 3 is 2.38 bits per heavy atom. The maximum absolute atomic E-state index is 11.9. The molecule has 1 unspecified atom stereocenters. The summed E-state index contributed by atoms with van der Waals surface area (Å²) in [6.45, 7) is 7.68. The van der Waals surface area contributed by atoms with Crippen molar-refractivity contribution in [3.05, 3.63) is 11.1 Å². The number of ketones is 1. The summed E-state index contributed by atoms with van der Waals surface area (Å²) in [6, 6.07) is 0. The lowest BCUT2D eigenvalue weighted by Crippen LogP contribution is -2.27. The SMILES string of the molecule is CCCC(=O)C1=C(C)C(C)(C)C(C(=O)O)C1. The topological polar surface area (TPSA) is 54.4 Å². The number of allylic oxidation sites excluding steroid dienone is 2. The van der Waals surface area contributed by atoms with E-state index in [-0.39, 0.29) is 5.78 Å². The van der Waals surface area contributed by atoms with Gasteiger partial charge >= 0.3 is 5.97 Å². The Morgan fingerprint density at radius 1 is 1.44 bits per heavy atom. The normalized spacial score (nSPS) is 23.6. The van der Waals surface area contributed by atoms with E-state index >= 15 is 0 Å². The van der Waals surface area contributed by atoms with Gasteiger partial charge in [0, 0.05) is 6.42 Å². The van der Waals surface area contributed by atoms with Crippen molar-refractivity contribution < 1.29 is 14.7 Å². The minimum Gasteiger partial charge on any atom is -0.481 e. The quantitative estimate of drug-likeness (QED) is 0.798. The van der Waals surface area contributed by atoms with Crippen LogP contribution in [0.3, 0.4) is 0 Å². The molecule has 0 saturated heterocycles. The van der Waals surface area contributed by atoms with Crippen molar-refractivity contribution in [3.63, 3.8) is 0 Å². The zero-order valence-corrected chi connectivity index (χ0v) is 10.5. The Balaban J connectivity index is 3.01. The van der Waals surface area contributed by atoms with Gasteiger partial charge in [-0.3, -0.25) is 9.59 Å². The van der Waals surface area contributed by atoms with Crippen LogP contribution in [0.15, 0.2) is 11.1 Å². The van der Waals surface area contributed by atoms with E-state index in [1.807, 2.05) is 27.7 Å². The van der Waals surface area contributed by atoms with Crippen molar-refractivity contribution in [2.75, 3.05) is 0 Å². The van der Waals surface area contributed by atoms with Crippen LogP contribution >= 0.6 is 0 Å². The van der Waals surface area contributed by atoms with Crippen LogP contribution in [0.25, 0.3) is 0 Å². The van der Waals surface area contributed by atoms with Crippen molar-refractivity contribution >= 4 is 11.8 Å². The molecule has 0 spiro atoms. The average molecular weight is 224 g/mol. The van der Waals surface area contributed by atoms with Gasteiger partial charge in [-0.25, -0.2) is 0 Å². The van der Waals surface area contributed by atoms with Crippen LogP contribution in [-0.4, -0.2) is 16.9 Å². The molecule has 0 heterocycles. The largest absolute Gasteiger partial charge is 0.481 e. The summed E-state index contributed by atoms with van der Waals surface area (Å²) in [5.74, 6) is -1.14. The molecular formula is C13H20O3. The third-order valence-corrected chi connectivity index (χ3v) is 3.81. The molecule has 0 aliphatic heterocycles. The van der Waals surface area contributed by atoms with Crippen LogP contribution in [0.1, 0.15) is 47.0 Å². The van der Waals surface area contributed by atoms with Gasteiger partial charge in [0.1, 0.15) is 0 Å². The van der Waals surface area contributed by atoms with Crippen LogP contribution in [0, 0.1) is 11.3 Å². The van der Waals surface area contributed by atoms with E-state index in [0.29, 0.717) is 12.8 Å². The first kappa shape index (κ1) is 12.9. The van der Waals surface area contributed by atoms with Crippen molar-refractivity contribution in [2.45, 2.75) is 47.0 Å². The van der Waals surface area contributed by atoms with Crippen molar-refractivity contribution in [2.24, 2.45) is 11.3 Å². The smallest absolute Gasteiger partial charge is 0.307 e. The van der Waals surface area contributed by atoms with Gasteiger partial charge in [-0.2, -0.15) is 0 Å². The van der Waals surface area contributed by atoms with Crippen LogP contribution in [0.4, 0.5) is 0 Å². The molecule has 0 fully saturated rings. The third-order valence-electron chi connectivity index (χ3n) is 3.81. The molecule has 1 atom stereocenters. The van der Waals surface area contributed by atoms with Gasteiger partial charge in [-0.1, -0.05) is 26.3 Å². The molecule has 0 saturated carbocycles. The summed E-state index contributed by atoms with van der Waals surface area (Å²) in [5, 5.41) is 9.16. The first-order valence-electron chi connectivity index (χ1n) is 5.78. The first-order valence-corrected chi connectivity index (χ1v) is 5.78. The number of carboxylic acid groups (broad SMARTS) is 1. The van der Waals surface area contributed by atoms with Crippen LogP contribution in [-0.2, 0) is 9.59 Å². The Bertz CT molecular complexity index is 350. The molecule has 1 aliphatic carbocycles. The Labute approximate surface area is 96.5 Å². The lowest BCUT2D eigenvalue weighted by Gasteiger charge is -2.25. The van der Waals surface area contributed by atoms with Gasteiger partial charge in [0.25, 0.3) is 0 Å². The predicted octanol–water partition coefficient (Wildman–Crippen LogP) is 2.80. The van der Waals surface area contributed by atoms with Crippen LogP contribution in [0.5, 0.6) is 0 Å². The Kier molecular flexibility index (Phi) is 3.56. The van der Waals surface area contributed by atoms with Gasteiger partial charge in [0.05, 0.1) is 5.92 Å². The van der Waals surface area contributed by atoms with Gasteiger partial charge in [0.2, 0.25) is 0 Å². The first-order chi connectivity index (χ1) is 7.32. The van der Waals surface area contributed by atoms with E-state index in [1.165, 1.54) is 0 Å². The van der Waals surface area contributed by atoms with E-state index < -0.39 is 17.3 Å². The molecule has 1 rings (SSSR count). The van der Waals surface area contributed by atoms with Gasteiger partial charge in [-0.15, -0.1) is 0 Å². The number of carbonyl (C=O) groups is 2. The molecule has 1 aliphatic rings. The molecule has 90 valence electrons. The zero-order chi connectivity index (χ0) is 12.5. The van der Waals surface area contributed by atoms with Crippen molar-refractivity contribution in [1.29, 1.82) is 0 Å². The fourth-order valence-corrected chi connectivity index (χ4v) is 2.36. The van der Waals surface area contributed by atoms with E-state index in [1.54, 1.807) is 0 Å². The number of Topliss-reactive ketones (excluding diaryl/α,β-unsaturated/α-hetero) is 1. The molecule has 0 radical (unpaired) electrons. The fraction of sp³-hybridized carbons (Fsp3) is 0.692. The highest BCUT2D eigenvalue weighted by atomic mass is 16.4. The van der Waals surface area contributed by atoms with E-state index in [2.05, 4.69) is 0 Å². The van der Waals surface area contributed by atoms with Crippen LogP contribution < -0.4 is 0 Å². The highest BCUT2D eigenvalue weighted by Gasteiger charge is 2.44. The number of hydrogen-bond acceptors (Lipinski definition) is 2. The van der Waals surface area contributed by atoms with E-state index in [0.717, 1.165) is 17.6 Å². The van der Waals surface area contributed by atoms with Gasteiger partial charge in [-0.05, 0) is 30.8 Å². The number of hydrogen-bond donors (Lipinski definition) is 1. The van der Waals surface area contributed by atoms with Crippen molar-refractivity contribution in [1.82, 2.24) is 0 Å². The molecule has 0 amide bonds. The second-order valence-corrected chi connectivity index (χ2v) is 5.09. The lowest BCUT2D eigenvalue weighted by molar-refractivity contribution is -0.144. The third kappa shape index (κ3) is 2.04. The average Bonchev–Trinajstić information content (AvgIpc) is 2.39. The minimum atomic E-state index is -0.802. The van der Waals surface area contributed by atoms with Crippen LogP contribution in [0.2, 0.25) is 0 Å². The number of carboxylic acids is 1. The monoisotopic (exact) mass is 224 g/mol. The molecule has 0 aromatic heterocycles. The summed E-state index contributed by atoms with van der Waals surface area (Å²) < 4.78 is 0. The molecule has 0 bridgehead atoms. The summed E-state index contributed by atoms with van der Waals surface area (Å²) in [4.78, 5) is 23.0. The molecule has 0 aromatic carbocycles. The molecule has 3 heteroatoms. The summed E-state index contributed by atoms with van der Waals surface area (Å²) in [5.41, 5.74) is 1.31. The minimum absolute atomic E-state index is 0.122. The number of rotatable bonds is 4. The maximum atomic E-state index is 11.9. The zero-order valence-electron chi connectivity index (χ0n) is 10.5. The molecule has 16 heavy (non-hydrogen) atoms. The second kappa shape index (κ2) is 4.40. The summed E-state index contributed by atoms with van der Waals surface area (Å²) >= 11 is 0. The lowest BCUT2D eigenvalue weighted by atomic mass is 9.78.